The Morgan fingerprint density at radius 2 is 1.97 bits per heavy atom. The van der Waals surface area contributed by atoms with E-state index in [9.17, 15) is 9.59 Å². The van der Waals surface area contributed by atoms with Crippen LogP contribution in [0.5, 0.6) is 0 Å². The zero-order valence-corrected chi connectivity index (χ0v) is 18.0. The molecule has 2 aromatic rings. The lowest BCUT2D eigenvalue weighted by Gasteiger charge is -2.32. The van der Waals surface area contributed by atoms with Crippen LogP contribution in [0.25, 0.3) is 11.3 Å². The lowest BCUT2D eigenvalue weighted by molar-refractivity contribution is -0.143. The number of nitrogens with one attached hydrogen (secondary N) is 1. The fourth-order valence-electron chi connectivity index (χ4n) is 3.58. The van der Waals surface area contributed by atoms with Crippen molar-refractivity contribution in [3.63, 3.8) is 0 Å². The van der Waals surface area contributed by atoms with E-state index in [1.807, 2.05) is 38.1 Å². The fourth-order valence-corrected chi connectivity index (χ4v) is 3.58. The van der Waals surface area contributed by atoms with Gasteiger partial charge in [0, 0.05) is 24.6 Å². The molecule has 1 aromatic carbocycles. The summed E-state index contributed by atoms with van der Waals surface area (Å²) in [5.74, 6) is 0.630. The van der Waals surface area contributed by atoms with Crippen molar-refractivity contribution in [1.82, 2.24) is 15.2 Å². The molecule has 0 aliphatic carbocycles. The van der Waals surface area contributed by atoms with Gasteiger partial charge in [-0.05, 0) is 30.7 Å². The summed E-state index contributed by atoms with van der Waals surface area (Å²) in [6, 6.07) is 7.49. The third kappa shape index (κ3) is 4.69. The topological polar surface area (TPSA) is 75.4 Å². The summed E-state index contributed by atoms with van der Waals surface area (Å²) < 4.78 is 5.41. The first-order valence-corrected chi connectivity index (χ1v) is 10.3. The quantitative estimate of drug-likeness (QED) is 0.829. The second-order valence-corrected chi connectivity index (χ2v) is 8.96. The van der Waals surface area contributed by atoms with E-state index in [-0.39, 0.29) is 29.2 Å². The molecule has 29 heavy (non-hydrogen) atoms. The zero-order valence-electron chi connectivity index (χ0n) is 18.0. The lowest BCUT2D eigenvalue weighted by atomic mass is 9.81. The number of carbonyl (C=O) groups excluding carboxylic acids is 2. The van der Waals surface area contributed by atoms with Crippen LogP contribution in [-0.2, 0) is 16.1 Å². The number of oxazole rings is 1. The normalized spacial score (nSPS) is 18.0. The number of aryl methyl sites for hydroxylation is 1. The molecule has 1 saturated heterocycles. The van der Waals surface area contributed by atoms with Gasteiger partial charge in [0.05, 0.1) is 5.69 Å². The number of benzene rings is 1. The van der Waals surface area contributed by atoms with Crippen LogP contribution in [-0.4, -0.2) is 34.3 Å². The predicted molar refractivity (Wildman–Crippen MR) is 112 cm³/mol. The highest BCUT2D eigenvalue weighted by atomic mass is 16.3. The molecule has 0 bridgehead atoms. The molecule has 2 heterocycles. The first kappa shape index (κ1) is 21.1. The summed E-state index contributed by atoms with van der Waals surface area (Å²) in [5, 5.41) is 3.00. The summed E-state index contributed by atoms with van der Waals surface area (Å²) >= 11 is 0. The monoisotopic (exact) mass is 397 g/mol. The van der Waals surface area contributed by atoms with Gasteiger partial charge in [-0.25, -0.2) is 4.98 Å². The SMILES string of the molecule is Cc1ncoc1-c1ccc(CNC(=O)[C@@H]2CCCN2C(=O)C(C)C(C)(C)C)cc1. The van der Waals surface area contributed by atoms with E-state index in [4.69, 9.17) is 4.42 Å². The molecule has 1 N–H and O–H groups in total. The van der Waals surface area contributed by atoms with Crippen LogP contribution in [0.2, 0.25) is 0 Å². The Labute approximate surface area is 172 Å². The smallest absolute Gasteiger partial charge is 0.243 e. The molecule has 3 rings (SSSR count). The summed E-state index contributed by atoms with van der Waals surface area (Å²) in [6.07, 6.45) is 3.03. The van der Waals surface area contributed by atoms with Gasteiger partial charge in [-0.3, -0.25) is 9.59 Å². The lowest BCUT2D eigenvalue weighted by Crippen LogP contribution is -2.49. The Hall–Kier alpha value is -2.63. The van der Waals surface area contributed by atoms with Crippen LogP contribution >= 0.6 is 0 Å². The summed E-state index contributed by atoms with van der Waals surface area (Å²) in [7, 11) is 0. The molecule has 2 amide bonds. The Morgan fingerprint density at radius 1 is 1.28 bits per heavy atom. The highest BCUT2D eigenvalue weighted by Crippen LogP contribution is 2.30. The van der Waals surface area contributed by atoms with Crippen LogP contribution in [0, 0.1) is 18.3 Å². The summed E-state index contributed by atoms with van der Waals surface area (Å²) in [4.78, 5) is 31.5. The van der Waals surface area contributed by atoms with Crippen molar-refractivity contribution in [2.45, 2.75) is 60.0 Å². The van der Waals surface area contributed by atoms with Crippen LogP contribution in [0.3, 0.4) is 0 Å². The van der Waals surface area contributed by atoms with Crippen molar-refractivity contribution in [1.29, 1.82) is 0 Å². The highest BCUT2D eigenvalue weighted by Gasteiger charge is 2.38. The maximum absolute atomic E-state index is 12.9. The average molecular weight is 398 g/mol. The number of carbonyl (C=O) groups is 2. The number of likely N-dealkylation sites (tertiary alicyclic amines) is 1. The number of nitrogens with zero attached hydrogens (tertiary/aromatic N) is 2. The standard InChI is InChI=1S/C23H31N3O3/c1-15(23(3,4)5)22(28)26-12-6-7-19(26)21(27)24-13-17-8-10-18(11-9-17)20-16(2)25-14-29-20/h8-11,14-15,19H,6-7,12-13H2,1-5H3,(H,24,27)/t15?,19-/m0/s1. The molecule has 2 atom stereocenters. The number of rotatable bonds is 5. The number of aromatic nitrogens is 1. The van der Waals surface area contributed by atoms with Crippen molar-refractivity contribution < 1.29 is 14.0 Å². The molecule has 6 nitrogen and oxygen atoms in total. The van der Waals surface area contributed by atoms with Gasteiger partial charge in [0.15, 0.2) is 12.2 Å². The molecule has 1 unspecified atom stereocenters. The van der Waals surface area contributed by atoms with Gasteiger partial charge < -0.3 is 14.6 Å². The maximum Gasteiger partial charge on any atom is 0.243 e. The molecular formula is C23H31N3O3. The van der Waals surface area contributed by atoms with Crippen LogP contribution in [0.15, 0.2) is 35.1 Å². The second kappa shape index (κ2) is 8.39. The predicted octanol–water partition coefficient (Wildman–Crippen LogP) is 3.94. The van der Waals surface area contributed by atoms with Gasteiger partial charge in [-0.2, -0.15) is 0 Å². The average Bonchev–Trinajstić information content (AvgIpc) is 3.33. The summed E-state index contributed by atoms with van der Waals surface area (Å²) in [6.45, 7) is 11.1. The molecule has 1 aliphatic heterocycles. The Bertz CT molecular complexity index is 864. The molecule has 1 aliphatic rings. The molecule has 6 heteroatoms. The highest BCUT2D eigenvalue weighted by molar-refractivity contribution is 5.89. The third-order valence-electron chi connectivity index (χ3n) is 5.94. The molecule has 1 aromatic heterocycles. The van der Waals surface area contributed by atoms with E-state index in [0.717, 1.165) is 35.4 Å². The minimum Gasteiger partial charge on any atom is -0.443 e. The van der Waals surface area contributed by atoms with Gasteiger partial charge in [0.1, 0.15) is 6.04 Å². The second-order valence-electron chi connectivity index (χ2n) is 8.96. The zero-order chi connectivity index (χ0) is 21.2. The van der Waals surface area contributed by atoms with E-state index >= 15 is 0 Å². The Morgan fingerprint density at radius 3 is 2.55 bits per heavy atom. The number of hydrogen-bond donors (Lipinski definition) is 1. The van der Waals surface area contributed by atoms with Crippen molar-refractivity contribution in [3.05, 3.63) is 41.9 Å². The van der Waals surface area contributed by atoms with E-state index in [2.05, 4.69) is 31.1 Å². The molecular weight excluding hydrogens is 366 g/mol. The Balaban J connectivity index is 1.60. The minimum atomic E-state index is -0.372. The Kier molecular flexibility index (Phi) is 6.10. The molecule has 0 spiro atoms. The minimum absolute atomic E-state index is 0.0712. The first-order valence-electron chi connectivity index (χ1n) is 10.3. The van der Waals surface area contributed by atoms with E-state index < -0.39 is 0 Å². The van der Waals surface area contributed by atoms with Crippen LogP contribution in [0.1, 0.15) is 51.8 Å². The van der Waals surface area contributed by atoms with Crippen LogP contribution < -0.4 is 5.32 Å². The maximum atomic E-state index is 12.9. The van der Waals surface area contributed by atoms with E-state index in [1.165, 1.54) is 6.39 Å². The van der Waals surface area contributed by atoms with Crippen LogP contribution in [0.4, 0.5) is 0 Å². The van der Waals surface area contributed by atoms with Gasteiger partial charge in [0.2, 0.25) is 11.8 Å². The van der Waals surface area contributed by atoms with Gasteiger partial charge in [-0.15, -0.1) is 0 Å². The number of amides is 2. The van der Waals surface area contributed by atoms with E-state index in [1.54, 1.807) is 4.90 Å². The molecule has 156 valence electrons. The fraction of sp³-hybridized carbons (Fsp3) is 0.522. The van der Waals surface area contributed by atoms with Crippen molar-refractivity contribution in [2.24, 2.45) is 11.3 Å². The third-order valence-corrected chi connectivity index (χ3v) is 5.94. The summed E-state index contributed by atoms with van der Waals surface area (Å²) in [5.41, 5.74) is 2.68. The molecule has 1 fully saturated rings. The van der Waals surface area contributed by atoms with E-state index in [0.29, 0.717) is 13.1 Å². The van der Waals surface area contributed by atoms with Crippen molar-refractivity contribution in [2.75, 3.05) is 6.54 Å². The van der Waals surface area contributed by atoms with Gasteiger partial charge in [0.25, 0.3) is 0 Å². The van der Waals surface area contributed by atoms with Crippen molar-refractivity contribution in [3.8, 4) is 11.3 Å². The molecule has 0 saturated carbocycles. The number of hydrogen-bond acceptors (Lipinski definition) is 4. The van der Waals surface area contributed by atoms with Gasteiger partial charge in [-0.1, -0.05) is 52.0 Å². The molecule has 0 radical (unpaired) electrons. The first-order chi connectivity index (χ1) is 13.7. The van der Waals surface area contributed by atoms with Gasteiger partial charge >= 0.3 is 0 Å². The van der Waals surface area contributed by atoms with Crippen molar-refractivity contribution >= 4 is 11.8 Å². The largest absolute Gasteiger partial charge is 0.443 e.